The molecule has 1 saturated carbocycles. The van der Waals surface area contributed by atoms with Crippen molar-refractivity contribution in [3.05, 3.63) is 29.8 Å². The molecule has 2 aliphatic rings. The molecule has 1 aliphatic carbocycles. The standard InChI is InChI=1S/C16H24N2/c1-2-6-14(7-3-1)15-8-4-5-9-16(15)18-12-10-17-11-13-18/h4-5,8-9,14,17H,1-3,6-7,10-13H2. The van der Waals surface area contributed by atoms with Crippen molar-refractivity contribution in [1.29, 1.82) is 0 Å². The smallest absolute Gasteiger partial charge is 0.0402 e. The van der Waals surface area contributed by atoms with Gasteiger partial charge < -0.3 is 10.2 Å². The molecule has 98 valence electrons. The lowest BCUT2D eigenvalue weighted by Gasteiger charge is -2.33. The highest BCUT2D eigenvalue weighted by atomic mass is 15.2. The fourth-order valence-electron chi connectivity index (χ4n) is 3.44. The maximum Gasteiger partial charge on any atom is 0.0402 e. The molecule has 1 aromatic carbocycles. The quantitative estimate of drug-likeness (QED) is 0.860. The second kappa shape index (κ2) is 5.75. The Morgan fingerprint density at radius 1 is 0.944 bits per heavy atom. The third-order valence-electron chi connectivity index (χ3n) is 4.44. The van der Waals surface area contributed by atoms with Crippen LogP contribution in [0, 0.1) is 0 Å². The van der Waals surface area contributed by atoms with E-state index in [1.54, 1.807) is 5.56 Å². The first-order chi connectivity index (χ1) is 8.95. The first-order valence-corrected chi connectivity index (χ1v) is 7.50. The number of nitrogens with one attached hydrogen (secondary N) is 1. The predicted octanol–water partition coefficient (Wildman–Crippen LogP) is 3.14. The number of benzene rings is 1. The van der Waals surface area contributed by atoms with Crippen molar-refractivity contribution >= 4 is 5.69 Å². The second-order valence-corrected chi connectivity index (χ2v) is 5.63. The monoisotopic (exact) mass is 244 g/mol. The van der Waals surface area contributed by atoms with Gasteiger partial charge in [0.2, 0.25) is 0 Å². The number of hydrogen-bond donors (Lipinski definition) is 1. The van der Waals surface area contributed by atoms with Crippen LogP contribution in [0.25, 0.3) is 0 Å². The molecule has 0 spiro atoms. The fourth-order valence-corrected chi connectivity index (χ4v) is 3.44. The Bertz CT molecular complexity index is 339. The lowest BCUT2D eigenvalue weighted by molar-refractivity contribution is 0.442. The number of nitrogens with zero attached hydrogens (tertiary/aromatic N) is 1. The molecule has 0 aromatic heterocycles. The van der Waals surface area contributed by atoms with E-state index >= 15 is 0 Å². The summed E-state index contributed by atoms with van der Waals surface area (Å²) in [5, 5.41) is 3.44. The molecular weight excluding hydrogens is 220 g/mol. The SMILES string of the molecule is c1ccc(N2CCNCC2)c(C2CCCCC2)c1. The number of hydrogen-bond acceptors (Lipinski definition) is 2. The van der Waals surface area contributed by atoms with E-state index in [9.17, 15) is 0 Å². The number of rotatable bonds is 2. The Morgan fingerprint density at radius 2 is 1.67 bits per heavy atom. The molecule has 2 nitrogen and oxygen atoms in total. The van der Waals surface area contributed by atoms with Gasteiger partial charge in [-0.25, -0.2) is 0 Å². The average molecular weight is 244 g/mol. The summed E-state index contributed by atoms with van der Waals surface area (Å²) in [4.78, 5) is 2.57. The van der Waals surface area contributed by atoms with Crippen molar-refractivity contribution in [3.8, 4) is 0 Å². The molecule has 0 atom stereocenters. The van der Waals surface area contributed by atoms with E-state index in [1.807, 2.05) is 0 Å². The molecule has 1 aliphatic heterocycles. The van der Waals surface area contributed by atoms with Gasteiger partial charge in [0.1, 0.15) is 0 Å². The van der Waals surface area contributed by atoms with E-state index < -0.39 is 0 Å². The van der Waals surface area contributed by atoms with Crippen LogP contribution >= 0.6 is 0 Å². The topological polar surface area (TPSA) is 15.3 Å². The van der Waals surface area contributed by atoms with E-state index in [-0.39, 0.29) is 0 Å². The van der Waals surface area contributed by atoms with Crippen LogP contribution in [0.3, 0.4) is 0 Å². The van der Waals surface area contributed by atoms with Crippen LogP contribution in [0.1, 0.15) is 43.6 Å². The lowest BCUT2D eigenvalue weighted by Crippen LogP contribution is -2.44. The van der Waals surface area contributed by atoms with Crippen LogP contribution in [0.5, 0.6) is 0 Å². The largest absolute Gasteiger partial charge is 0.369 e. The van der Waals surface area contributed by atoms with Crippen molar-refractivity contribution in [2.75, 3.05) is 31.1 Å². The highest BCUT2D eigenvalue weighted by Gasteiger charge is 2.21. The summed E-state index contributed by atoms with van der Waals surface area (Å²) in [6, 6.07) is 9.11. The average Bonchev–Trinajstić information content (AvgIpc) is 2.49. The first-order valence-electron chi connectivity index (χ1n) is 7.50. The summed E-state index contributed by atoms with van der Waals surface area (Å²) in [6.45, 7) is 4.56. The van der Waals surface area contributed by atoms with Gasteiger partial charge in [-0.1, -0.05) is 37.5 Å². The van der Waals surface area contributed by atoms with Gasteiger partial charge in [-0.15, -0.1) is 0 Å². The number of anilines is 1. The highest BCUT2D eigenvalue weighted by Crippen LogP contribution is 2.37. The zero-order chi connectivity index (χ0) is 12.2. The van der Waals surface area contributed by atoms with Crippen LogP contribution in [-0.2, 0) is 0 Å². The molecule has 1 aromatic rings. The van der Waals surface area contributed by atoms with Crippen molar-refractivity contribution < 1.29 is 0 Å². The van der Waals surface area contributed by atoms with E-state index in [1.165, 1.54) is 37.8 Å². The maximum atomic E-state index is 3.44. The fraction of sp³-hybridized carbons (Fsp3) is 0.625. The number of para-hydroxylation sites is 1. The van der Waals surface area contributed by atoms with Crippen molar-refractivity contribution in [2.45, 2.75) is 38.0 Å². The molecular formula is C16H24N2. The zero-order valence-corrected chi connectivity index (χ0v) is 11.2. The summed E-state index contributed by atoms with van der Waals surface area (Å²) in [6.07, 6.45) is 7.06. The summed E-state index contributed by atoms with van der Waals surface area (Å²) in [5.41, 5.74) is 3.12. The normalized spacial score (nSPS) is 22.1. The molecule has 2 fully saturated rings. The third-order valence-corrected chi connectivity index (χ3v) is 4.44. The molecule has 2 heteroatoms. The van der Waals surface area contributed by atoms with Crippen molar-refractivity contribution in [3.63, 3.8) is 0 Å². The summed E-state index contributed by atoms with van der Waals surface area (Å²) >= 11 is 0. The van der Waals surface area contributed by atoms with E-state index in [0.29, 0.717) is 0 Å². The third kappa shape index (κ3) is 2.54. The van der Waals surface area contributed by atoms with Crippen LogP contribution in [0.4, 0.5) is 5.69 Å². The summed E-state index contributed by atoms with van der Waals surface area (Å²) in [5.74, 6) is 0.810. The molecule has 0 radical (unpaired) electrons. The Hall–Kier alpha value is -1.02. The van der Waals surface area contributed by atoms with Gasteiger partial charge in [-0.3, -0.25) is 0 Å². The van der Waals surface area contributed by atoms with Gasteiger partial charge in [-0.2, -0.15) is 0 Å². The van der Waals surface area contributed by atoms with E-state index in [4.69, 9.17) is 0 Å². The minimum Gasteiger partial charge on any atom is -0.369 e. The van der Waals surface area contributed by atoms with Crippen LogP contribution < -0.4 is 10.2 Å². The Morgan fingerprint density at radius 3 is 2.44 bits per heavy atom. The van der Waals surface area contributed by atoms with Crippen LogP contribution in [0.15, 0.2) is 24.3 Å². The minimum atomic E-state index is 0.810. The maximum absolute atomic E-state index is 3.44. The summed E-state index contributed by atoms with van der Waals surface area (Å²) < 4.78 is 0. The van der Waals surface area contributed by atoms with E-state index in [0.717, 1.165) is 32.1 Å². The second-order valence-electron chi connectivity index (χ2n) is 5.63. The zero-order valence-electron chi connectivity index (χ0n) is 11.2. The molecule has 1 N–H and O–H groups in total. The van der Waals surface area contributed by atoms with Gasteiger partial charge in [0.15, 0.2) is 0 Å². The minimum absolute atomic E-state index is 0.810. The van der Waals surface area contributed by atoms with Gasteiger partial charge in [0.25, 0.3) is 0 Å². The lowest BCUT2D eigenvalue weighted by atomic mass is 9.83. The van der Waals surface area contributed by atoms with Gasteiger partial charge >= 0.3 is 0 Å². The predicted molar refractivity (Wildman–Crippen MR) is 77.4 cm³/mol. The van der Waals surface area contributed by atoms with Crippen molar-refractivity contribution in [2.24, 2.45) is 0 Å². The van der Waals surface area contributed by atoms with E-state index in [2.05, 4.69) is 34.5 Å². The van der Waals surface area contributed by atoms with Crippen LogP contribution in [0.2, 0.25) is 0 Å². The van der Waals surface area contributed by atoms with Crippen LogP contribution in [-0.4, -0.2) is 26.2 Å². The molecule has 0 bridgehead atoms. The molecule has 3 rings (SSSR count). The van der Waals surface area contributed by atoms with Gasteiger partial charge in [0, 0.05) is 31.9 Å². The van der Waals surface area contributed by atoms with Gasteiger partial charge in [-0.05, 0) is 30.4 Å². The Balaban J connectivity index is 1.83. The highest BCUT2D eigenvalue weighted by molar-refractivity contribution is 5.55. The Labute approximate surface area is 110 Å². The first kappa shape index (κ1) is 12.0. The molecule has 1 heterocycles. The Kier molecular flexibility index (Phi) is 3.84. The molecule has 0 unspecified atom stereocenters. The number of piperazine rings is 1. The molecule has 0 amide bonds. The van der Waals surface area contributed by atoms with Crippen molar-refractivity contribution in [1.82, 2.24) is 5.32 Å². The molecule has 1 saturated heterocycles. The summed E-state index contributed by atoms with van der Waals surface area (Å²) in [7, 11) is 0. The van der Waals surface area contributed by atoms with Gasteiger partial charge in [0.05, 0.1) is 0 Å². The molecule has 18 heavy (non-hydrogen) atoms.